The molecular formula is C26H34N2O3. The van der Waals surface area contributed by atoms with Crippen LogP contribution in [0.25, 0.3) is 0 Å². The minimum atomic E-state index is -0.533. The SMILES string of the molecule is Cc1cc2c(cc1Cc1ccc(C(=O)N3CCCC3C(N)=O)o1)C(C)(C)CCC2(C)C. The molecule has 5 nitrogen and oxygen atoms in total. The van der Waals surface area contributed by atoms with E-state index >= 15 is 0 Å². The second-order valence-corrected chi connectivity index (χ2v) is 10.6. The lowest BCUT2D eigenvalue weighted by atomic mass is 9.62. The van der Waals surface area contributed by atoms with Crippen LogP contribution in [0.3, 0.4) is 0 Å². The van der Waals surface area contributed by atoms with Crippen molar-refractivity contribution < 1.29 is 14.0 Å². The third kappa shape index (κ3) is 3.90. The maximum absolute atomic E-state index is 12.9. The van der Waals surface area contributed by atoms with Crippen LogP contribution in [0, 0.1) is 6.92 Å². The maximum atomic E-state index is 12.9. The number of amides is 2. The smallest absolute Gasteiger partial charge is 0.290 e. The summed E-state index contributed by atoms with van der Waals surface area (Å²) in [4.78, 5) is 26.1. The van der Waals surface area contributed by atoms with Crippen molar-refractivity contribution in [3.05, 3.63) is 58.0 Å². The van der Waals surface area contributed by atoms with Gasteiger partial charge in [0.1, 0.15) is 11.8 Å². The zero-order chi connectivity index (χ0) is 22.6. The number of aryl methyl sites for hydroxylation is 1. The van der Waals surface area contributed by atoms with Gasteiger partial charge in [-0.15, -0.1) is 0 Å². The summed E-state index contributed by atoms with van der Waals surface area (Å²) in [7, 11) is 0. The van der Waals surface area contributed by atoms with Gasteiger partial charge in [-0.1, -0.05) is 39.8 Å². The Morgan fingerprint density at radius 3 is 2.39 bits per heavy atom. The average molecular weight is 423 g/mol. The number of carbonyl (C=O) groups is 2. The summed E-state index contributed by atoms with van der Waals surface area (Å²) in [6.07, 6.45) is 4.41. The van der Waals surface area contributed by atoms with Crippen molar-refractivity contribution in [3.63, 3.8) is 0 Å². The Hall–Kier alpha value is -2.56. The highest BCUT2D eigenvalue weighted by atomic mass is 16.4. The van der Waals surface area contributed by atoms with Crippen molar-refractivity contribution in [2.24, 2.45) is 5.73 Å². The molecule has 5 heteroatoms. The Morgan fingerprint density at radius 2 is 1.74 bits per heavy atom. The number of nitrogens with zero attached hydrogens (tertiary/aromatic N) is 1. The Balaban J connectivity index is 1.59. The van der Waals surface area contributed by atoms with Gasteiger partial charge in [0.2, 0.25) is 5.91 Å². The molecule has 1 aromatic heterocycles. The molecule has 2 N–H and O–H groups in total. The van der Waals surface area contributed by atoms with Crippen LogP contribution in [-0.2, 0) is 22.0 Å². The van der Waals surface area contributed by atoms with Crippen molar-refractivity contribution in [3.8, 4) is 0 Å². The molecule has 2 aliphatic rings. The van der Waals surface area contributed by atoms with Crippen LogP contribution in [0.4, 0.5) is 0 Å². The minimum absolute atomic E-state index is 0.150. The second-order valence-electron chi connectivity index (χ2n) is 10.6. The predicted octanol–water partition coefficient (Wildman–Crippen LogP) is 4.62. The van der Waals surface area contributed by atoms with Crippen molar-refractivity contribution >= 4 is 11.8 Å². The van der Waals surface area contributed by atoms with E-state index in [9.17, 15) is 9.59 Å². The van der Waals surface area contributed by atoms with Gasteiger partial charge in [0.15, 0.2) is 5.76 Å². The highest BCUT2D eigenvalue weighted by molar-refractivity contribution is 5.95. The lowest BCUT2D eigenvalue weighted by Gasteiger charge is -2.42. The summed E-state index contributed by atoms with van der Waals surface area (Å²) in [6.45, 7) is 12.0. The van der Waals surface area contributed by atoms with Crippen molar-refractivity contribution in [1.82, 2.24) is 4.90 Å². The van der Waals surface area contributed by atoms with Gasteiger partial charge in [0.05, 0.1) is 0 Å². The summed E-state index contributed by atoms with van der Waals surface area (Å²) in [5.74, 6) is 0.333. The molecule has 2 amide bonds. The number of carbonyl (C=O) groups excluding carboxylic acids is 2. The van der Waals surface area contributed by atoms with Gasteiger partial charge in [-0.2, -0.15) is 0 Å². The fourth-order valence-corrected chi connectivity index (χ4v) is 5.18. The number of likely N-dealkylation sites (tertiary alicyclic amines) is 1. The molecule has 4 rings (SSSR count). The molecule has 2 heterocycles. The predicted molar refractivity (Wildman–Crippen MR) is 121 cm³/mol. The molecule has 166 valence electrons. The zero-order valence-corrected chi connectivity index (χ0v) is 19.4. The van der Waals surface area contributed by atoms with Gasteiger partial charge in [-0.3, -0.25) is 9.59 Å². The number of rotatable bonds is 4. The molecule has 0 radical (unpaired) electrons. The average Bonchev–Trinajstić information content (AvgIpc) is 3.36. The molecule has 1 unspecified atom stereocenters. The van der Waals surface area contributed by atoms with Gasteiger partial charge in [-0.25, -0.2) is 0 Å². The fraction of sp³-hybridized carbons (Fsp3) is 0.538. The first kappa shape index (κ1) is 21.7. The van der Waals surface area contributed by atoms with E-state index in [0.29, 0.717) is 19.4 Å². The zero-order valence-electron chi connectivity index (χ0n) is 19.4. The van der Waals surface area contributed by atoms with Crippen LogP contribution in [0.2, 0.25) is 0 Å². The highest BCUT2D eigenvalue weighted by Gasteiger charge is 2.38. The Morgan fingerprint density at radius 1 is 1.10 bits per heavy atom. The normalized spacial score (nSPS) is 21.7. The molecule has 2 aromatic rings. The lowest BCUT2D eigenvalue weighted by Crippen LogP contribution is -2.43. The van der Waals surface area contributed by atoms with E-state index < -0.39 is 11.9 Å². The molecule has 1 aromatic carbocycles. The molecular weight excluding hydrogens is 388 g/mol. The van der Waals surface area contributed by atoms with E-state index in [1.165, 1.54) is 35.1 Å². The van der Waals surface area contributed by atoms with E-state index in [-0.39, 0.29) is 22.5 Å². The molecule has 1 aliphatic carbocycles. The van der Waals surface area contributed by atoms with Gasteiger partial charge in [0, 0.05) is 13.0 Å². The highest BCUT2D eigenvalue weighted by Crippen LogP contribution is 2.46. The van der Waals surface area contributed by atoms with Gasteiger partial charge >= 0.3 is 0 Å². The topological polar surface area (TPSA) is 76.5 Å². The van der Waals surface area contributed by atoms with Crippen molar-refractivity contribution in [1.29, 1.82) is 0 Å². The van der Waals surface area contributed by atoms with Crippen LogP contribution in [-0.4, -0.2) is 29.3 Å². The summed E-state index contributed by atoms with van der Waals surface area (Å²) in [5, 5.41) is 0. The van der Waals surface area contributed by atoms with Crippen LogP contribution < -0.4 is 5.73 Å². The third-order valence-electron chi connectivity index (χ3n) is 7.39. The molecule has 31 heavy (non-hydrogen) atoms. The largest absolute Gasteiger partial charge is 0.456 e. The fourth-order valence-electron chi connectivity index (χ4n) is 5.18. The number of furan rings is 1. The van der Waals surface area contributed by atoms with E-state index in [4.69, 9.17) is 10.2 Å². The minimum Gasteiger partial charge on any atom is -0.456 e. The van der Waals surface area contributed by atoms with E-state index in [1.807, 2.05) is 6.07 Å². The molecule has 1 fully saturated rings. The summed E-state index contributed by atoms with van der Waals surface area (Å²) in [6, 6.07) is 7.75. The number of benzene rings is 1. The molecule has 1 saturated heterocycles. The van der Waals surface area contributed by atoms with Crippen LogP contribution >= 0.6 is 0 Å². The Kier molecular flexibility index (Phi) is 5.27. The molecule has 0 saturated carbocycles. The second kappa shape index (κ2) is 7.54. The first-order valence-corrected chi connectivity index (χ1v) is 11.3. The molecule has 0 bridgehead atoms. The van der Waals surface area contributed by atoms with Crippen LogP contribution in [0.5, 0.6) is 0 Å². The lowest BCUT2D eigenvalue weighted by molar-refractivity contribution is -0.121. The van der Waals surface area contributed by atoms with Crippen LogP contribution in [0.1, 0.15) is 91.9 Å². The van der Waals surface area contributed by atoms with E-state index in [1.54, 1.807) is 11.0 Å². The molecule has 1 atom stereocenters. The van der Waals surface area contributed by atoms with E-state index in [2.05, 4.69) is 46.8 Å². The number of hydrogen-bond acceptors (Lipinski definition) is 3. The maximum Gasteiger partial charge on any atom is 0.290 e. The first-order chi connectivity index (χ1) is 14.5. The molecule has 1 aliphatic heterocycles. The number of nitrogens with two attached hydrogens (primary N) is 1. The van der Waals surface area contributed by atoms with Crippen LogP contribution in [0.15, 0.2) is 28.7 Å². The first-order valence-electron chi connectivity index (χ1n) is 11.3. The molecule has 0 spiro atoms. The quantitative estimate of drug-likeness (QED) is 0.781. The van der Waals surface area contributed by atoms with Crippen molar-refractivity contribution in [2.45, 2.75) is 83.6 Å². The van der Waals surface area contributed by atoms with Gasteiger partial charge in [-0.05, 0) is 77.8 Å². The third-order valence-corrected chi connectivity index (χ3v) is 7.39. The number of primary amides is 1. The Labute approximate surface area is 185 Å². The Bertz CT molecular complexity index is 1030. The summed E-state index contributed by atoms with van der Waals surface area (Å²) >= 11 is 0. The standard InChI is InChI=1S/C26H34N2O3/c1-16-13-19-20(26(4,5)11-10-25(19,2)3)15-17(16)14-18-8-9-22(31-18)24(30)28-12-6-7-21(28)23(27)29/h8-9,13,15,21H,6-7,10-12,14H2,1-5H3,(H2,27,29). The van der Waals surface area contributed by atoms with Crippen molar-refractivity contribution in [2.75, 3.05) is 6.54 Å². The summed E-state index contributed by atoms with van der Waals surface area (Å²) in [5.41, 5.74) is 11.2. The monoisotopic (exact) mass is 422 g/mol. The summed E-state index contributed by atoms with van der Waals surface area (Å²) < 4.78 is 5.94. The van der Waals surface area contributed by atoms with Gasteiger partial charge in [0.25, 0.3) is 5.91 Å². The van der Waals surface area contributed by atoms with E-state index in [0.717, 1.165) is 12.2 Å². The number of fused-ring (bicyclic) bond motifs is 1. The number of hydrogen-bond donors (Lipinski definition) is 1. The van der Waals surface area contributed by atoms with Gasteiger partial charge < -0.3 is 15.1 Å².